The van der Waals surface area contributed by atoms with Crippen molar-refractivity contribution in [2.75, 3.05) is 30.4 Å². The van der Waals surface area contributed by atoms with Crippen LogP contribution in [0.15, 0.2) is 24.3 Å². The zero-order valence-corrected chi connectivity index (χ0v) is 21.3. The average molecular weight is 465 g/mol. The smallest absolute Gasteiger partial charge is 0.224 e. The van der Waals surface area contributed by atoms with Crippen molar-refractivity contribution in [3.05, 3.63) is 29.8 Å². The van der Waals surface area contributed by atoms with Crippen molar-refractivity contribution in [2.45, 2.75) is 78.2 Å². The van der Waals surface area contributed by atoms with E-state index < -0.39 is 0 Å². The minimum atomic E-state index is -0.122. The molecule has 6 nitrogen and oxygen atoms in total. The summed E-state index contributed by atoms with van der Waals surface area (Å²) < 4.78 is 0. The van der Waals surface area contributed by atoms with Gasteiger partial charge in [0.25, 0.3) is 0 Å². The van der Waals surface area contributed by atoms with Crippen molar-refractivity contribution in [1.82, 2.24) is 9.88 Å². The highest BCUT2D eigenvalue weighted by Gasteiger charge is 2.24. The van der Waals surface area contributed by atoms with Crippen molar-refractivity contribution in [3.63, 3.8) is 0 Å². The second kappa shape index (κ2) is 10.7. The van der Waals surface area contributed by atoms with Gasteiger partial charge in [-0.05, 0) is 67.9 Å². The molecule has 2 amide bonds. The van der Waals surface area contributed by atoms with E-state index in [1.165, 1.54) is 25.7 Å². The van der Waals surface area contributed by atoms with Gasteiger partial charge < -0.3 is 15.1 Å². The number of aryl methyl sites for hydroxylation is 1. The van der Waals surface area contributed by atoms with E-state index >= 15 is 0 Å². The Hall–Kier alpha value is -2.63. The van der Waals surface area contributed by atoms with Gasteiger partial charge in [0.2, 0.25) is 11.8 Å². The molecule has 2 aromatic rings. The van der Waals surface area contributed by atoms with Crippen LogP contribution < -0.4 is 10.2 Å². The number of carbonyl (C=O) groups excluding carboxylic acids is 2. The molecule has 2 aliphatic rings. The fourth-order valence-electron chi connectivity index (χ4n) is 5.76. The summed E-state index contributed by atoms with van der Waals surface area (Å²) in [5, 5.41) is 4.03. The first-order chi connectivity index (χ1) is 16.3. The quantitative estimate of drug-likeness (QED) is 0.610. The van der Waals surface area contributed by atoms with Crippen LogP contribution in [0.4, 0.5) is 11.5 Å². The number of nitrogens with one attached hydrogen (secondary N) is 1. The number of amides is 2. The molecule has 1 aliphatic heterocycles. The van der Waals surface area contributed by atoms with Gasteiger partial charge in [-0.15, -0.1) is 0 Å². The van der Waals surface area contributed by atoms with E-state index in [1.54, 1.807) is 0 Å². The molecule has 1 saturated heterocycles. The Balaban J connectivity index is 1.37. The minimum Gasteiger partial charge on any atom is -0.356 e. The molecule has 4 rings (SSSR count). The van der Waals surface area contributed by atoms with Gasteiger partial charge in [0.1, 0.15) is 5.82 Å². The van der Waals surface area contributed by atoms with Crippen LogP contribution in [0.25, 0.3) is 10.9 Å². The van der Waals surface area contributed by atoms with Crippen LogP contribution in [0.1, 0.15) is 70.8 Å². The van der Waals surface area contributed by atoms with Crippen molar-refractivity contribution in [1.29, 1.82) is 0 Å². The maximum Gasteiger partial charge on any atom is 0.224 e. The van der Waals surface area contributed by atoms with E-state index in [1.807, 2.05) is 30.1 Å². The number of nitrogens with zero attached hydrogens (tertiary/aromatic N) is 3. The maximum atomic E-state index is 12.6. The Labute approximate surface area is 204 Å². The van der Waals surface area contributed by atoms with E-state index in [0.717, 1.165) is 53.9 Å². The zero-order chi connectivity index (χ0) is 24.2. The van der Waals surface area contributed by atoms with Gasteiger partial charge in [0.05, 0.1) is 5.52 Å². The Morgan fingerprint density at radius 2 is 1.76 bits per heavy atom. The standard InChI is InChI=1S/C28H40N4O2/c1-19-14-20(2)18-32(17-19)26-15-21(3)24-16-22(10-11-25(24)30-26)29-27(33)12-13-28(34)31(4)23-8-6-5-7-9-23/h10-11,15-16,19-20,23H,5-9,12-14,17-18H2,1-4H3,(H,29,33)/t19-,20-/m0/s1. The number of hydrogen-bond donors (Lipinski definition) is 1. The molecule has 6 heteroatoms. The van der Waals surface area contributed by atoms with Gasteiger partial charge in [-0.3, -0.25) is 9.59 Å². The maximum absolute atomic E-state index is 12.6. The molecule has 2 atom stereocenters. The van der Waals surface area contributed by atoms with Crippen LogP contribution in [-0.2, 0) is 9.59 Å². The molecule has 1 N–H and O–H groups in total. The Kier molecular flexibility index (Phi) is 7.74. The highest BCUT2D eigenvalue weighted by Crippen LogP contribution is 2.29. The first-order valence-corrected chi connectivity index (χ1v) is 13.0. The lowest BCUT2D eigenvalue weighted by Crippen LogP contribution is -2.39. The normalized spacial score (nSPS) is 21.5. The van der Waals surface area contributed by atoms with E-state index in [4.69, 9.17) is 4.98 Å². The van der Waals surface area contributed by atoms with Gasteiger partial charge in [-0.2, -0.15) is 0 Å². The molecule has 1 saturated carbocycles. The number of fused-ring (bicyclic) bond motifs is 1. The lowest BCUT2D eigenvalue weighted by molar-refractivity contribution is -0.134. The Morgan fingerprint density at radius 1 is 1.06 bits per heavy atom. The van der Waals surface area contributed by atoms with Crippen LogP contribution in [0.3, 0.4) is 0 Å². The second-order valence-electron chi connectivity index (χ2n) is 10.7. The van der Waals surface area contributed by atoms with Gasteiger partial charge in [0, 0.05) is 50.1 Å². The molecule has 2 fully saturated rings. The first-order valence-electron chi connectivity index (χ1n) is 13.0. The molecule has 0 bridgehead atoms. The van der Waals surface area contributed by atoms with Crippen LogP contribution in [0.2, 0.25) is 0 Å². The molecule has 34 heavy (non-hydrogen) atoms. The monoisotopic (exact) mass is 464 g/mol. The summed E-state index contributed by atoms with van der Waals surface area (Å²) in [6.45, 7) is 8.83. The molecular weight excluding hydrogens is 424 g/mol. The van der Waals surface area contributed by atoms with Gasteiger partial charge in [-0.1, -0.05) is 33.1 Å². The van der Waals surface area contributed by atoms with E-state index in [2.05, 4.69) is 37.1 Å². The number of carbonyl (C=O) groups is 2. The summed E-state index contributed by atoms with van der Waals surface area (Å²) in [5.74, 6) is 2.33. The lowest BCUT2D eigenvalue weighted by Gasteiger charge is -2.36. The molecule has 1 aliphatic carbocycles. The van der Waals surface area contributed by atoms with Gasteiger partial charge in [0.15, 0.2) is 0 Å². The number of aromatic nitrogens is 1. The SMILES string of the molecule is Cc1cc(N2C[C@@H](C)C[C@H](C)C2)nc2ccc(NC(=O)CCC(=O)N(C)C3CCCCC3)cc12. The summed E-state index contributed by atoms with van der Waals surface area (Å²) in [7, 11) is 1.88. The molecule has 1 aromatic heterocycles. The van der Waals surface area contributed by atoms with Crippen molar-refractivity contribution in [2.24, 2.45) is 11.8 Å². The van der Waals surface area contributed by atoms with Crippen LogP contribution in [0.5, 0.6) is 0 Å². The third-order valence-corrected chi connectivity index (χ3v) is 7.56. The second-order valence-corrected chi connectivity index (χ2v) is 10.7. The fourth-order valence-corrected chi connectivity index (χ4v) is 5.76. The molecule has 184 valence electrons. The van der Waals surface area contributed by atoms with Crippen LogP contribution >= 0.6 is 0 Å². The van der Waals surface area contributed by atoms with Crippen molar-refractivity contribution >= 4 is 34.2 Å². The largest absolute Gasteiger partial charge is 0.356 e. The number of hydrogen-bond acceptors (Lipinski definition) is 4. The fraction of sp³-hybridized carbons (Fsp3) is 0.607. The summed E-state index contributed by atoms with van der Waals surface area (Å²) >= 11 is 0. The number of rotatable bonds is 6. The molecule has 1 aromatic carbocycles. The summed E-state index contributed by atoms with van der Waals surface area (Å²) in [5.41, 5.74) is 2.86. The predicted molar refractivity (Wildman–Crippen MR) is 139 cm³/mol. The van der Waals surface area contributed by atoms with Crippen LogP contribution in [-0.4, -0.2) is 47.9 Å². The number of piperidine rings is 1. The third-order valence-electron chi connectivity index (χ3n) is 7.56. The van der Waals surface area contributed by atoms with Crippen LogP contribution in [0, 0.1) is 18.8 Å². The predicted octanol–water partition coefficient (Wildman–Crippen LogP) is 5.54. The van der Waals surface area contributed by atoms with Gasteiger partial charge >= 0.3 is 0 Å². The topological polar surface area (TPSA) is 65.5 Å². The van der Waals surface area contributed by atoms with Gasteiger partial charge in [-0.25, -0.2) is 4.98 Å². The molecule has 2 heterocycles. The Bertz CT molecular complexity index is 1020. The van der Waals surface area contributed by atoms with E-state index in [9.17, 15) is 9.59 Å². The first kappa shape index (κ1) is 24.5. The molecule has 0 spiro atoms. The lowest BCUT2D eigenvalue weighted by atomic mass is 9.92. The Morgan fingerprint density at radius 3 is 2.47 bits per heavy atom. The summed E-state index contributed by atoms with van der Waals surface area (Å²) in [4.78, 5) is 34.3. The number of pyridine rings is 1. The molecular formula is C28H40N4O2. The van der Waals surface area contributed by atoms with E-state index in [0.29, 0.717) is 17.9 Å². The minimum absolute atomic E-state index is 0.0643. The molecule has 0 unspecified atom stereocenters. The zero-order valence-electron chi connectivity index (χ0n) is 21.3. The van der Waals surface area contributed by atoms with E-state index in [-0.39, 0.29) is 24.7 Å². The summed E-state index contributed by atoms with van der Waals surface area (Å²) in [6, 6.07) is 8.39. The highest BCUT2D eigenvalue weighted by atomic mass is 16.2. The third kappa shape index (κ3) is 5.89. The average Bonchev–Trinajstić information content (AvgIpc) is 2.82. The van der Waals surface area contributed by atoms with Crippen molar-refractivity contribution < 1.29 is 9.59 Å². The molecule has 0 radical (unpaired) electrons. The number of anilines is 2. The summed E-state index contributed by atoms with van der Waals surface area (Å²) in [6.07, 6.45) is 7.53. The highest BCUT2D eigenvalue weighted by molar-refractivity contribution is 5.96. The van der Waals surface area contributed by atoms with Crippen molar-refractivity contribution in [3.8, 4) is 0 Å². The number of benzene rings is 1.